The number of nitro groups is 1. The van der Waals surface area contributed by atoms with Gasteiger partial charge in [-0.15, -0.1) is 0 Å². The molecule has 0 unspecified atom stereocenters. The normalized spacial score (nSPS) is 9.86. The third-order valence-electron chi connectivity index (χ3n) is 1.89. The standard InChI is InChI=1S/C9H8ClNO3/c1-2-6-3-4-7(9(10)12)5-8(6)11(13)14/h3-5H,2H2,1H3. The lowest BCUT2D eigenvalue weighted by molar-refractivity contribution is -0.385. The minimum absolute atomic E-state index is 0.0565. The van der Waals surface area contributed by atoms with Gasteiger partial charge in [-0.25, -0.2) is 0 Å². The number of aryl methyl sites for hydroxylation is 1. The van der Waals surface area contributed by atoms with E-state index in [-0.39, 0.29) is 11.3 Å². The molecule has 0 saturated heterocycles. The number of rotatable bonds is 3. The summed E-state index contributed by atoms with van der Waals surface area (Å²) in [6.07, 6.45) is 0.549. The Labute approximate surface area is 85.6 Å². The summed E-state index contributed by atoms with van der Waals surface area (Å²) < 4.78 is 0. The molecule has 0 aliphatic rings. The smallest absolute Gasteiger partial charge is 0.273 e. The summed E-state index contributed by atoms with van der Waals surface area (Å²) in [6, 6.07) is 4.24. The molecule has 4 nitrogen and oxygen atoms in total. The van der Waals surface area contributed by atoms with E-state index in [0.717, 1.165) is 0 Å². The van der Waals surface area contributed by atoms with Crippen molar-refractivity contribution < 1.29 is 9.72 Å². The van der Waals surface area contributed by atoms with Gasteiger partial charge >= 0.3 is 0 Å². The summed E-state index contributed by atoms with van der Waals surface area (Å²) in [5.41, 5.74) is 0.686. The number of hydrogen-bond acceptors (Lipinski definition) is 3. The van der Waals surface area contributed by atoms with Crippen molar-refractivity contribution in [3.8, 4) is 0 Å². The number of halogens is 1. The third-order valence-corrected chi connectivity index (χ3v) is 2.11. The lowest BCUT2D eigenvalue weighted by Gasteiger charge is -2.00. The van der Waals surface area contributed by atoms with Crippen molar-refractivity contribution in [1.29, 1.82) is 0 Å². The highest BCUT2D eigenvalue weighted by Gasteiger charge is 2.14. The van der Waals surface area contributed by atoms with Crippen LogP contribution < -0.4 is 0 Å². The zero-order valence-corrected chi connectivity index (χ0v) is 8.25. The molecule has 1 rings (SSSR count). The SMILES string of the molecule is CCc1ccc(C(=O)Cl)cc1[N+](=O)[O-]. The largest absolute Gasteiger partial charge is 0.276 e. The van der Waals surface area contributed by atoms with Crippen molar-refractivity contribution in [3.05, 3.63) is 39.4 Å². The third kappa shape index (κ3) is 2.09. The molecule has 14 heavy (non-hydrogen) atoms. The molecule has 5 heteroatoms. The zero-order chi connectivity index (χ0) is 10.7. The van der Waals surface area contributed by atoms with E-state index in [9.17, 15) is 14.9 Å². The second kappa shape index (κ2) is 4.19. The van der Waals surface area contributed by atoms with E-state index in [0.29, 0.717) is 12.0 Å². The number of carbonyl (C=O) groups excluding carboxylic acids is 1. The van der Waals surface area contributed by atoms with Crippen molar-refractivity contribution in [2.75, 3.05) is 0 Å². The van der Waals surface area contributed by atoms with E-state index < -0.39 is 10.2 Å². The maximum absolute atomic E-state index is 10.8. The number of benzene rings is 1. The molecule has 0 aliphatic carbocycles. The minimum Gasteiger partial charge on any atom is -0.276 e. The van der Waals surface area contributed by atoms with Crippen LogP contribution in [0.1, 0.15) is 22.8 Å². The first-order chi connectivity index (χ1) is 6.56. The van der Waals surface area contributed by atoms with Crippen LogP contribution in [0.5, 0.6) is 0 Å². The van der Waals surface area contributed by atoms with E-state index in [2.05, 4.69) is 0 Å². The van der Waals surface area contributed by atoms with Crippen LogP contribution in [0.3, 0.4) is 0 Å². The lowest BCUT2D eigenvalue weighted by Crippen LogP contribution is -1.97. The molecule has 0 spiro atoms. The topological polar surface area (TPSA) is 60.2 Å². The van der Waals surface area contributed by atoms with Crippen LogP contribution in [0.25, 0.3) is 0 Å². The van der Waals surface area contributed by atoms with E-state index >= 15 is 0 Å². The van der Waals surface area contributed by atoms with Gasteiger partial charge in [0, 0.05) is 17.2 Å². The Morgan fingerprint density at radius 3 is 2.64 bits per heavy atom. The molecule has 74 valence electrons. The summed E-state index contributed by atoms with van der Waals surface area (Å²) in [7, 11) is 0. The first-order valence-electron chi connectivity index (χ1n) is 4.03. The number of nitro benzene ring substituents is 1. The van der Waals surface area contributed by atoms with Gasteiger partial charge in [0.15, 0.2) is 0 Å². The van der Waals surface area contributed by atoms with Gasteiger partial charge in [0.25, 0.3) is 10.9 Å². The van der Waals surface area contributed by atoms with Gasteiger partial charge in [-0.3, -0.25) is 14.9 Å². The van der Waals surface area contributed by atoms with E-state index in [4.69, 9.17) is 11.6 Å². The summed E-state index contributed by atoms with van der Waals surface area (Å²) in [6.45, 7) is 1.81. The van der Waals surface area contributed by atoms with Crippen molar-refractivity contribution in [1.82, 2.24) is 0 Å². The van der Waals surface area contributed by atoms with Crippen LogP contribution in [0.2, 0.25) is 0 Å². The fraction of sp³-hybridized carbons (Fsp3) is 0.222. The minimum atomic E-state index is -0.684. The maximum Gasteiger partial charge on any atom is 0.273 e. The highest BCUT2D eigenvalue weighted by molar-refractivity contribution is 6.67. The first-order valence-corrected chi connectivity index (χ1v) is 4.41. The van der Waals surface area contributed by atoms with Crippen molar-refractivity contribution in [2.24, 2.45) is 0 Å². The van der Waals surface area contributed by atoms with Gasteiger partial charge in [-0.05, 0) is 24.1 Å². The Balaban J connectivity index is 3.27. The summed E-state index contributed by atoms with van der Waals surface area (Å²) >= 11 is 5.21. The van der Waals surface area contributed by atoms with Crippen LogP contribution in [-0.2, 0) is 6.42 Å². The summed E-state index contributed by atoms with van der Waals surface area (Å²) in [4.78, 5) is 20.9. The Hall–Kier alpha value is -1.42. The lowest BCUT2D eigenvalue weighted by atomic mass is 10.1. The molecule has 0 amide bonds. The highest BCUT2D eigenvalue weighted by Crippen LogP contribution is 2.21. The summed E-state index contributed by atoms with van der Waals surface area (Å²) in [5.74, 6) is 0. The molecule has 0 saturated carbocycles. The van der Waals surface area contributed by atoms with Gasteiger partial charge in [0.1, 0.15) is 0 Å². The van der Waals surface area contributed by atoms with Crippen LogP contribution in [-0.4, -0.2) is 10.2 Å². The van der Waals surface area contributed by atoms with Gasteiger partial charge < -0.3 is 0 Å². The van der Waals surface area contributed by atoms with E-state index in [1.165, 1.54) is 12.1 Å². The Bertz CT molecular complexity index is 390. The van der Waals surface area contributed by atoms with Crippen LogP contribution in [0.15, 0.2) is 18.2 Å². The molecule has 0 atom stereocenters. The Morgan fingerprint density at radius 2 is 2.21 bits per heavy atom. The van der Waals surface area contributed by atoms with E-state index in [1.54, 1.807) is 6.07 Å². The monoisotopic (exact) mass is 213 g/mol. The van der Waals surface area contributed by atoms with Gasteiger partial charge in [-0.1, -0.05) is 13.0 Å². The van der Waals surface area contributed by atoms with Gasteiger partial charge in [-0.2, -0.15) is 0 Å². The number of nitrogens with zero attached hydrogens (tertiary/aromatic N) is 1. The average Bonchev–Trinajstić information content (AvgIpc) is 2.16. The molecule has 0 N–H and O–H groups in total. The van der Waals surface area contributed by atoms with E-state index in [1.807, 2.05) is 6.92 Å². The Morgan fingerprint density at radius 1 is 1.57 bits per heavy atom. The molecular formula is C9H8ClNO3. The first kappa shape index (κ1) is 10.7. The van der Waals surface area contributed by atoms with Crippen molar-refractivity contribution >= 4 is 22.5 Å². The maximum atomic E-state index is 10.8. The average molecular weight is 214 g/mol. The molecule has 0 bridgehead atoms. The fourth-order valence-electron chi connectivity index (χ4n) is 1.16. The predicted molar refractivity (Wildman–Crippen MR) is 52.7 cm³/mol. The van der Waals surface area contributed by atoms with Gasteiger partial charge in [0.2, 0.25) is 0 Å². The molecule has 0 aromatic heterocycles. The highest BCUT2D eigenvalue weighted by atomic mass is 35.5. The number of carbonyl (C=O) groups is 1. The van der Waals surface area contributed by atoms with Crippen LogP contribution in [0, 0.1) is 10.1 Å². The number of hydrogen-bond donors (Lipinski definition) is 0. The molecule has 0 fully saturated rings. The van der Waals surface area contributed by atoms with Crippen molar-refractivity contribution in [3.63, 3.8) is 0 Å². The van der Waals surface area contributed by atoms with Crippen LogP contribution >= 0.6 is 11.6 Å². The Kier molecular flexibility index (Phi) is 3.19. The van der Waals surface area contributed by atoms with Gasteiger partial charge in [0.05, 0.1) is 4.92 Å². The van der Waals surface area contributed by atoms with Crippen molar-refractivity contribution in [2.45, 2.75) is 13.3 Å². The molecule has 0 heterocycles. The second-order valence-corrected chi connectivity index (χ2v) is 3.07. The molecule has 1 aromatic rings. The van der Waals surface area contributed by atoms with Crippen LogP contribution in [0.4, 0.5) is 5.69 Å². The quantitative estimate of drug-likeness (QED) is 0.440. The molecule has 1 aromatic carbocycles. The molecular weight excluding hydrogens is 206 g/mol. The molecule has 0 aliphatic heterocycles. The zero-order valence-electron chi connectivity index (χ0n) is 7.49. The molecule has 0 radical (unpaired) electrons. The second-order valence-electron chi connectivity index (χ2n) is 2.73. The summed E-state index contributed by atoms with van der Waals surface area (Å²) in [5, 5.41) is 9.92. The predicted octanol–water partition coefficient (Wildman–Crippen LogP) is 2.54. The fourth-order valence-corrected chi connectivity index (χ4v) is 1.27.